The summed E-state index contributed by atoms with van der Waals surface area (Å²) in [7, 11) is 2.76. The molecule has 0 saturated carbocycles. The van der Waals surface area contributed by atoms with Crippen LogP contribution in [0.5, 0.6) is 17.2 Å². The van der Waals surface area contributed by atoms with Crippen molar-refractivity contribution in [3.05, 3.63) is 57.6 Å². The number of nitro benzene ring substituents is 1. The summed E-state index contributed by atoms with van der Waals surface area (Å²) >= 11 is 0. The number of hydrazine groups is 1. The average Bonchev–Trinajstić information content (AvgIpc) is 2.74. The van der Waals surface area contributed by atoms with E-state index in [1.807, 2.05) is 10.9 Å². The standard InChI is InChI=1S/C18H16F3N3O7/c1-29-14-6-3-10(7-15(14)30-2)16(25)22-23-17(26)12-8-11(31-9-18(19,20)21)4-5-13(12)24(27)28/h3-8H,9H2,1-2H3,(H,22,25)(H,23,26). The van der Waals surface area contributed by atoms with Gasteiger partial charge in [-0.25, -0.2) is 0 Å². The summed E-state index contributed by atoms with van der Waals surface area (Å²) in [5.74, 6) is -1.75. The highest BCUT2D eigenvalue weighted by Gasteiger charge is 2.29. The highest BCUT2D eigenvalue weighted by Crippen LogP contribution is 2.28. The molecule has 0 heterocycles. The lowest BCUT2D eigenvalue weighted by Crippen LogP contribution is -2.41. The average molecular weight is 443 g/mol. The van der Waals surface area contributed by atoms with E-state index in [4.69, 9.17) is 9.47 Å². The molecule has 166 valence electrons. The van der Waals surface area contributed by atoms with Crippen molar-refractivity contribution in [2.75, 3.05) is 20.8 Å². The van der Waals surface area contributed by atoms with Gasteiger partial charge in [-0.1, -0.05) is 0 Å². The minimum absolute atomic E-state index is 0.0645. The maximum Gasteiger partial charge on any atom is 0.422 e. The number of benzene rings is 2. The fourth-order valence-corrected chi connectivity index (χ4v) is 2.34. The first-order valence-electron chi connectivity index (χ1n) is 8.36. The number of amides is 2. The molecule has 0 fully saturated rings. The number of ether oxygens (including phenoxy) is 3. The lowest BCUT2D eigenvalue weighted by atomic mass is 10.1. The lowest BCUT2D eigenvalue weighted by Gasteiger charge is -2.12. The summed E-state index contributed by atoms with van der Waals surface area (Å²) in [5, 5.41) is 11.1. The number of nitrogens with one attached hydrogen (secondary N) is 2. The van der Waals surface area contributed by atoms with Crippen LogP contribution in [0.15, 0.2) is 36.4 Å². The monoisotopic (exact) mass is 443 g/mol. The van der Waals surface area contributed by atoms with Crippen molar-refractivity contribution in [3.63, 3.8) is 0 Å². The highest BCUT2D eigenvalue weighted by molar-refractivity contribution is 6.01. The summed E-state index contributed by atoms with van der Waals surface area (Å²) in [4.78, 5) is 34.8. The number of nitrogens with zero attached hydrogens (tertiary/aromatic N) is 1. The molecule has 0 radical (unpaired) electrons. The van der Waals surface area contributed by atoms with Crippen molar-refractivity contribution in [2.45, 2.75) is 6.18 Å². The Bertz CT molecular complexity index is 996. The van der Waals surface area contributed by atoms with Crippen LogP contribution in [0.1, 0.15) is 20.7 Å². The maximum atomic E-state index is 12.3. The molecule has 13 heteroatoms. The van der Waals surface area contributed by atoms with Gasteiger partial charge in [0.2, 0.25) is 0 Å². The predicted octanol–water partition coefficient (Wildman–Crippen LogP) is 2.63. The third-order valence-corrected chi connectivity index (χ3v) is 3.75. The zero-order valence-corrected chi connectivity index (χ0v) is 16.1. The van der Waals surface area contributed by atoms with Gasteiger partial charge in [-0.05, 0) is 30.3 Å². The highest BCUT2D eigenvalue weighted by atomic mass is 19.4. The summed E-state index contributed by atoms with van der Waals surface area (Å²) in [6.07, 6.45) is -4.64. The van der Waals surface area contributed by atoms with E-state index in [9.17, 15) is 32.9 Å². The van der Waals surface area contributed by atoms with Crippen LogP contribution in [0.3, 0.4) is 0 Å². The summed E-state index contributed by atoms with van der Waals surface area (Å²) in [6, 6.07) is 6.65. The van der Waals surface area contributed by atoms with Crippen molar-refractivity contribution in [1.29, 1.82) is 0 Å². The Morgan fingerprint density at radius 1 is 1.00 bits per heavy atom. The van der Waals surface area contributed by atoms with Crippen LogP contribution in [-0.4, -0.2) is 43.7 Å². The Morgan fingerprint density at radius 3 is 2.23 bits per heavy atom. The first-order chi connectivity index (χ1) is 14.6. The van der Waals surface area contributed by atoms with Gasteiger partial charge in [0.05, 0.1) is 19.1 Å². The Balaban J connectivity index is 2.16. The van der Waals surface area contributed by atoms with E-state index >= 15 is 0 Å². The zero-order valence-electron chi connectivity index (χ0n) is 16.1. The summed E-state index contributed by atoms with van der Waals surface area (Å²) < 4.78 is 51.5. The van der Waals surface area contributed by atoms with Crippen LogP contribution in [-0.2, 0) is 0 Å². The van der Waals surface area contributed by atoms with Gasteiger partial charge in [0.15, 0.2) is 18.1 Å². The molecule has 0 unspecified atom stereocenters. The molecule has 0 spiro atoms. The minimum atomic E-state index is -4.64. The molecule has 2 rings (SSSR count). The van der Waals surface area contributed by atoms with Gasteiger partial charge >= 0.3 is 6.18 Å². The SMILES string of the molecule is COc1ccc(C(=O)NNC(=O)c2cc(OCC(F)(F)F)ccc2[N+](=O)[O-])cc1OC. The number of nitro groups is 1. The van der Waals surface area contributed by atoms with E-state index in [1.165, 1.54) is 32.4 Å². The molecule has 0 aliphatic rings. The zero-order chi connectivity index (χ0) is 23.2. The van der Waals surface area contributed by atoms with Crippen LogP contribution >= 0.6 is 0 Å². The number of halogens is 3. The maximum absolute atomic E-state index is 12.3. The van der Waals surface area contributed by atoms with E-state index in [2.05, 4.69) is 4.74 Å². The minimum Gasteiger partial charge on any atom is -0.493 e. The van der Waals surface area contributed by atoms with E-state index in [0.29, 0.717) is 5.75 Å². The van der Waals surface area contributed by atoms with Crippen molar-refractivity contribution < 1.29 is 41.9 Å². The number of methoxy groups -OCH3 is 2. The first-order valence-corrected chi connectivity index (χ1v) is 8.36. The van der Waals surface area contributed by atoms with E-state index in [0.717, 1.165) is 18.2 Å². The summed E-state index contributed by atoms with van der Waals surface area (Å²) in [5.41, 5.74) is 2.77. The Hall–Kier alpha value is -4.03. The van der Waals surface area contributed by atoms with Gasteiger partial charge in [-0.2, -0.15) is 13.2 Å². The van der Waals surface area contributed by atoms with Crippen LogP contribution in [0.4, 0.5) is 18.9 Å². The van der Waals surface area contributed by atoms with Crippen molar-refractivity contribution in [3.8, 4) is 17.2 Å². The number of hydrogen-bond acceptors (Lipinski definition) is 7. The van der Waals surface area contributed by atoms with Crippen molar-refractivity contribution >= 4 is 17.5 Å². The third-order valence-electron chi connectivity index (χ3n) is 3.75. The predicted molar refractivity (Wildman–Crippen MR) is 99.1 cm³/mol. The molecule has 2 aromatic carbocycles. The molecule has 2 amide bonds. The quantitative estimate of drug-likeness (QED) is 0.497. The first kappa shape index (κ1) is 23.3. The van der Waals surface area contributed by atoms with Crippen LogP contribution in [0.25, 0.3) is 0 Å². The summed E-state index contributed by atoms with van der Waals surface area (Å²) in [6.45, 7) is -1.65. The van der Waals surface area contributed by atoms with E-state index < -0.39 is 46.5 Å². The molecule has 0 aromatic heterocycles. The number of hydrogen-bond donors (Lipinski definition) is 2. The molecule has 2 aromatic rings. The molecule has 0 aliphatic carbocycles. The Kier molecular flexibility index (Phi) is 7.24. The van der Waals surface area contributed by atoms with Gasteiger partial charge in [-0.3, -0.25) is 30.6 Å². The Morgan fingerprint density at radius 2 is 1.65 bits per heavy atom. The van der Waals surface area contributed by atoms with Gasteiger partial charge < -0.3 is 14.2 Å². The number of carbonyl (C=O) groups excluding carboxylic acids is 2. The number of carbonyl (C=O) groups is 2. The van der Waals surface area contributed by atoms with Crippen LogP contribution in [0.2, 0.25) is 0 Å². The molecule has 2 N–H and O–H groups in total. The topological polar surface area (TPSA) is 129 Å². The third kappa shape index (κ3) is 6.22. The van der Waals surface area contributed by atoms with Gasteiger partial charge in [-0.15, -0.1) is 0 Å². The number of alkyl halides is 3. The van der Waals surface area contributed by atoms with Crippen LogP contribution in [0, 0.1) is 10.1 Å². The van der Waals surface area contributed by atoms with Gasteiger partial charge in [0.1, 0.15) is 11.3 Å². The van der Waals surface area contributed by atoms with Gasteiger partial charge in [0.25, 0.3) is 17.5 Å². The normalized spacial score (nSPS) is 10.7. The molecule has 0 atom stereocenters. The molecular formula is C18H16F3N3O7. The van der Waals surface area contributed by atoms with Crippen molar-refractivity contribution in [2.24, 2.45) is 0 Å². The lowest BCUT2D eigenvalue weighted by molar-refractivity contribution is -0.385. The molecule has 0 saturated heterocycles. The molecular weight excluding hydrogens is 427 g/mol. The number of rotatable bonds is 7. The molecule has 0 bridgehead atoms. The Labute approximate surface area is 173 Å². The second kappa shape index (κ2) is 9.65. The second-order valence-electron chi connectivity index (χ2n) is 5.82. The van der Waals surface area contributed by atoms with Crippen LogP contribution < -0.4 is 25.1 Å². The van der Waals surface area contributed by atoms with Gasteiger partial charge in [0, 0.05) is 11.6 Å². The van der Waals surface area contributed by atoms with E-state index in [-0.39, 0.29) is 11.3 Å². The smallest absolute Gasteiger partial charge is 0.422 e. The molecule has 10 nitrogen and oxygen atoms in total. The van der Waals surface area contributed by atoms with Crippen molar-refractivity contribution in [1.82, 2.24) is 10.9 Å². The molecule has 31 heavy (non-hydrogen) atoms. The second-order valence-corrected chi connectivity index (χ2v) is 5.82. The fraction of sp³-hybridized carbons (Fsp3) is 0.222. The fourth-order valence-electron chi connectivity index (χ4n) is 2.34. The molecule has 0 aliphatic heterocycles. The van der Waals surface area contributed by atoms with E-state index in [1.54, 1.807) is 0 Å². The largest absolute Gasteiger partial charge is 0.493 e.